The molecule has 0 amide bonds. The van der Waals surface area contributed by atoms with Gasteiger partial charge in [-0.1, -0.05) is 0 Å². The van der Waals surface area contributed by atoms with Crippen molar-refractivity contribution in [3.8, 4) is 6.07 Å². The van der Waals surface area contributed by atoms with E-state index in [0.717, 1.165) is 16.1 Å². The molecule has 102 valence electrons. The van der Waals surface area contributed by atoms with Gasteiger partial charge in [0.05, 0.1) is 4.92 Å². The van der Waals surface area contributed by atoms with E-state index in [2.05, 4.69) is 11.4 Å². The van der Waals surface area contributed by atoms with Crippen LogP contribution in [0.1, 0.15) is 20.9 Å². The third kappa shape index (κ3) is 2.95. The van der Waals surface area contributed by atoms with Gasteiger partial charge in [-0.3, -0.25) is 10.1 Å². The zero-order valence-corrected chi connectivity index (χ0v) is 12.0. The SMILES string of the molecule is Cc1cc([N+](=O)[O-])c(C)cc1NCc1ccc(C#N)s1. The molecule has 0 aliphatic rings. The third-order valence-electron chi connectivity index (χ3n) is 2.96. The van der Waals surface area contributed by atoms with Crippen molar-refractivity contribution in [1.82, 2.24) is 0 Å². The first kappa shape index (κ1) is 14.0. The second-order valence-corrected chi connectivity index (χ2v) is 5.61. The van der Waals surface area contributed by atoms with E-state index in [4.69, 9.17) is 5.26 Å². The van der Waals surface area contributed by atoms with E-state index in [1.807, 2.05) is 13.0 Å². The molecule has 0 spiro atoms. The van der Waals surface area contributed by atoms with Crippen LogP contribution in [0.4, 0.5) is 11.4 Å². The molecule has 0 saturated carbocycles. The van der Waals surface area contributed by atoms with Gasteiger partial charge in [-0.2, -0.15) is 5.26 Å². The number of nitrogens with zero attached hydrogens (tertiary/aromatic N) is 2. The van der Waals surface area contributed by atoms with Crippen LogP contribution in [0.3, 0.4) is 0 Å². The molecule has 1 aromatic heterocycles. The van der Waals surface area contributed by atoms with Gasteiger partial charge in [-0.25, -0.2) is 0 Å². The van der Waals surface area contributed by atoms with Crippen LogP contribution in [-0.2, 0) is 6.54 Å². The molecule has 2 aromatic rings. The molecular weight excluding hydrogens is 274 g/mol. The minimum absolute atomic E-state index is 0.135. The predicted octanol–water partition coefficient (Wildman–Crippen LogP) is 3.76. The summed E-state index contributed by atoms with van der Waals surface area (Å²) in [4.78, 5) is 12.2. The van der Waals surface area contributed by atoms with Gasteiger partial charge < -0.3 is 5.32 Å². The van der Waals surface area contributed by atoms with Gasteiger partial charge in [0.1, 0.15) is 10.9 Å². The number of hydrogen-bond donors (Lipinski definition) is 1. The summed E-state index contributed by atoms with van der Waals surface area (Å²) in [5.74, 6) is 0. The molecule has 0 aliphatic carbocycles. The van der Waals surface area contributed by atoms with Gasteiger partial charge in [0.15, 0.2) is 0 Å². The first-order valence-electron chi connectivity index (χ1n) is 5.99. The number of rotatable bonds is 4. The van der Waals surface area contributed by atoms with E-state index in [1.54, 1.807) is 25.1 Å². The van der Waals surface area contributed by atoms with Crippen LogP contribution in [0.15, 0.2) is 24.3 Å². The molecule has 20 heavy (non-hydrogen) atoms. The fourth-order valence-corrected chi connectivity index (χ4v) is 2.65. The van der Waals surface area contributed by atoms with Crippen molar-refractivity contribution < 1.29 is 4.92 Å². The van der Waals surface area contributed by atoms with E-state index in [1.165, 1.54) is 11.3 Å². The fraction of sp³-hybridized carbons (Fsp3) is 0.214. The van der Waals surface area contributed by atoms with Crippen molar-refractivity contribution in [3.05, 3.63) is 55.3 Å². The highest BCUT2D eigenvalue weighted by Crippen LogP contribution is 2.27. The number of thiophene rings is 1. The zero-order chi connectivity index (χ0) is 14.7. The second-order valence-electron chi connectivity index (χ2n) is 4.44. The highest BCUT2D eigenvalue weighted by molar-refractivity contribution is 7.12. The van der Waals surface area contributed by atoms with Gasteiger partial charge in [-0.15, -0.1) is 11.3 Å². The Morgan fingerprint density at radius 2 is 2.10 bits per heavy atom. The van der Waals surface area contributed by atoms with Crippen molar-refractivity contribution in [3.63, 3.8) is 0 Å². The Kier molecular flexibility index (Phi) is 4.01. The Balaban J connectivity index is 2.16. The molecule has 6 heteroatoms. The van der Waals surface area contributed by atoms with Crippen molar-refractivity contribution in [2.45, 2.75) is 20.4 Å². The summed E-state index contributed by atoms with van der Waals surface area (Å²) in [6, 6.07) is 9.16. The average molecular weight is 287 g/mol. The molecule has 1 aromatic carbocycles. The van der Waals surface area contributed by atoms with Gasteiger partial charge in [0.2, 0.25) is 0 Å². The largest absolute Gasteiger partial charge is 0.380 e. The van der Waals surface area contributed by atoms with Crippen LogP contribution in [0.5, 0.6) is 0 Å². The molecule has 0 unspecified atom stereocenters. The minimum Gasteiger partial charge on any atom is -0.380 e. The Morgan fingerprint density at radius 1 is 1.35 bits per heavy atom. The maximum Gasteiger partial charge on any atom is 0.272 e. The molecule has 5 nitrogen and oxygen atoms in total. The van der Waals surface area contributed by atoms with Crippen LogP contribution in [0.2, 0.25) is 0 Å². The standard InChI is InChI=1S/C14H13N3O2S/c1-9-6-14(17(18)19)10(2)5-13(9)16-8-12-4-3-11(7-15)20-12/h3-6,16H,8H2,1-2H3. The number of nitro groups is 1. The maximum atomic E-state index is 10.9. The first-order chi connectivity index (χ1) is 9.51. The van der Waals surface area contributed by atoms with Crippen LogP contribution in [-0.4, -0.2) is 4.92 Å². The minimum atomic E-state index is -0.370. The highest BCUT2D eigenvalue weighted by atomic mass is 32.1. The van der Waals surface area contributed by atoms with E-state index in [0.29, 0.717) is 17.0 Å². The molecule has 0 bridgehead atoms. The van der Waals surface area contributed by atoms with Crippen molar-refractivity contribution in [2.75, 3.05) is 5.32 Å². The highest BCUT2D eigenvalue weighted by Gasteiger charge is 2.13. The average Bonchev–Trinajstić information content (AvgIpc) is 2.87. The number of nitriles is 1. The normalized spacial score (nSPS) is 10.1. The monoisotopic (exact) mass is 287 g/mol. The summed E-state index contributed by atoms with van der Waals surface area (Å²) >= 11 is 1.44. The van der Waals surface area contributed by atoms with Gasteiger partial charge in [-0.05, 0) is 37.6 Å². The van der Waals surface area contributed by atoms with Crippen molar-refractivity contribution in [2.24, 2.45) is 0 Å². The summed E-state index contributed by atoms with van der Waals surface area (Å²) in [6.45, 7) is 4.16. The summed E-state index contributed by atoms with van der Waals surface area (Å²) in [5.41, 5.74) is 2.47. The number of anilines is 1. The molecule has 1 N–H and O–H groups in total. The number of benzene rings is 1. The summed E-state index contributed by atoms with van der Waals surface area (Å²) in [5, 5.41) is 22.9. The lowest BCUT2D eigenvalue weighted by Gasteiger charge is -2.10. The van der Waals surface area contributed by atoms with Crippen molar-refractivity contribution >= 4 is 22.7 Å². The Labute approximate surface area is 120 Å². The second kappa shape index (κ2) is 5.72. The topological polar surface area (TPSA) is 79.0 Å². The summed E-state index contributed by atoms with van der Waals surface area (Å²) < 4.78 is 0. The maximum absolute atomic E-state index is 10.9. The van der Waals surface area contributed by atoms with E-state index >= 15 is 0 Å². The summed E-state index contributed by atoms with van der Waals surface area (Å²) in [7, 11) is 0. The van der Waals surface area contributed by atoms with Gasteiger partial charge in [0.25, 0.3) is 5.69 Å². The van der Waals surface area contributed by atoms with E-state index < -0.39 is 0 Å². The number of aryl methyl sites for hydroxylation is 2. The molecule has 0 radical (unpaired) electrons. The lowest BCUT2D eigenvalue weighted by molar-refractivity contribution is -0.385. The van der Waals surface area contributed by atoms with E-state index in [-0.39, 0.29) is 10.6 Å². The Hall–Kier alpha value is -2.39. The smallest absolute Gasteiger partial charge is 0.272 e. The Morgan fingerprint density at radius 3 is 2.70 bits per heavy atom. The Bertz CT molecular complexity index is 701. The first-order valence-corrected chi connectivity index (χ1v) is 6.81. The molecule has 0 saturated heterocycles. The molecule has 0 fully saturated rings. The third-order valence-corrected chi connectivity index (χ3v) is 3.95. The van der Waals surface area contributed by atoms with Gasteiger partial charge >= 0.3 is 0 Å². The number of nitro benzene ring substituents is 1. The fourth-order valence-electron chi connectivity index (χ4n) is 1.90. The molecule has 1 heterocycles. The van der Waals surface area contributed by atoms with Gasteiger partial charge in [0, 0.05) is 28.7 Å². The predicted molar refractivity (Wildman–Crippen MR) is 78.9 cm³/mol. The molecular formula is C14H13N3O2S. The van der Waals surface area contributed by atoms with Crippen LogP contribution in [0, 0.1) is 35.3 Å². The number of nitrogens with one attached hydrogen (secondary N) is 1. The summed E-state index contributed by atoms with van der Waals surface area (Å²) in [6.07, 6.45) is 0. The van der Waals surface area contributed by atoms with Crippen molar-refractivity contribution in [1.29, 1.82) is 5.26 Å². The molecule has 0 aliphatic heterocycles. The molecule has 2 rings (SSSR count). The van der Waals surface area contributed by atoms with E-state index in [9.17, 15) is 10.1 Å². The zero-order valence-electron chi connectivity index (χ0n) is 11.1. The van der Waals surface area contributed by atoms with Crippen LogP contribution < -0.4 is 5.32 Å². The number of hydrogen-bond acceptors (Lipinski definition) is 5. The van der Waals surface area contributed by atoms with Crippen LogP contribution in [0.25, 0.3) is 0 Å². The van der Waals surface area contributed by atoms with Crippen LogP contribution >= 0.6 is 11.3 Å². The lowest BCUT2D eigenvalue weighted by atomic mass is 10.1. The quantitative estimate of drug-likeness (QED) is 0.686. The lowest BCUT2D eigenvalue weighted by Crippen LogP contribution is -2.01. The molecule has 0 atom stereocenters.